The topological polar surface area (TPSA) is 24.9 Å². The monoisotopic (exact) mass is 280 g/mol. The van der Waals surface area contributed by atoms with Crippen molar-refractivity contribution in [2.45, 2.75) is 33.1 Å². The standard InChI is InChI=1S/C15H18ClFN2/c1-4-5-18-15-12(9(2)3)7-10-6-11(17)8-13(16)14(10)19-15/h6-9H,4-5H2,1-3H3,(H,18,19). The van der Waals surface area contributed by atoms with Gasteiger partial charge in [-0.3, -0.25) is 0 Å². The molecule has 0 spiro atoms. The largest absolute Gasteiger partial charge is 0.370 e. The summed E-state index contributed by atoms with van der Waals surface area (Å²) in [7, 11) is 0. The summed E-state index contributed by atoms with van der Waals surface area (Å²) in [4.78, 5) is 4.56. The Labute approximate surface area is 118 Å². The van der Waals surface area contributed by atoms with E-state index in [0.717, 1.165) is 29.7 Å². The molecule has 0 aliphatic heterocycles. The molecule has 0 radical (unpaired) electrons. The van der Waals surface area contributed by atoms with Gasteiger partial charge in [-0.25, -0.2) is 9.37 Å². The van der Waals surface area contributed by atoms with Gasteiger partial charge in [-0.15, -0.1) is 0 Å². The van der Waals surface area contributed by atoms with Crippen molar-refractivity contribution >= 4 is 28.3 Å². The van der Waals surface area contributed by atoms with Crippen molar-refractivity contribution in [3.63, 3.8) is 0 Å². The van der Waals surface area contributed by atoms with Crippen LogP contribution in [0.1, 0.15) is 38.7 Å². The summed E-state index contributed by atoms with van der Waals surface area (Å²) in [5, 5.41) is 4.41. The van der Waals surface area contributed by atoms with Gasteiger partial charge in [-0.05, 0) is 36.1 Å². The first-order valence-electron chi connectivity index (χ1n) is 6.56. The first kappa shape index (κ1) is 14.1. The lowest BCUT2D eigenvalue weighted by Crippen LogP contribution is -2.07. The second-order valence-corrected chi connectivity index (χ2v) is 5.37. The highest BCUT2D eigenvalue weighted by Crippen LogP contribution is 2.30. The highest BCUT2D eigenvalue weighted by atomic mass is 35.5. The molecule has 0 amide bonds. The molecule has 1 N–H and O–H groups in total. The summed E-state index contributed by atoms with van der Waals surface area (Å²) < 4.78 is 13.4. The number of anilines is 1. The van der Waals surface area contributed by atoms with Crippen LogP contribution >= 0.6 is 11.6 Å². The van der Waals surface area contributed by atoms with Crippen LogP contribution in [0.5, 0.6) is 0 Å². The molecule has 0 atom stereocenters. The van der Waals surface area contributed by atoms with Crippen LogP contribution in [-0.2, 0) is 0 Å². The van der Waals surface area contributed by atoms with Crippen molar-refractivity contribution in [1.29, 1.82) is 0 Å². The lowest BCUT2D eigenvalue weighted by molar-refractivity contribution is 0.629. The van der Waals surface area contributed by atoms with E-state index in [9.17, 15) is 4.39 Å². The van der Waals surface area contributed by atoms with Gasteiger partial charge in [0.1, 0.15) is 11.6 Å². The third-order valence-electron chi connectivity index (χ3n) is 3.03. The maximum atomic E-state index is 13.4. The number of hydrogen-bond acceptors (Lipinski definition) is 2. The van der Waals surface area contributed by atoms with Crippen LogP contribution in [0.15, 0.2) is 18.2 Å². The SMILES string of the molecule is CCCNc1nc2c(Cl)cc(F)cc2cc1C(C)C. The number of fused-ring (bicyclic) bond motifs is 1. The molecule has 1 heterocycles. The Kier molecular flexibility index (Phi) is 4.25. The first-order chi connectivity index (χ1) is 9.02. The number of pyridine rings is 1. The van der Waals surface area contributed by atoms with E-state index in [4.69, 9.17) is 11.6 Å². The van der Waals surface area contributed by atoms with E-state index in [-0.39, 0.29) is 5.82 Å². The quantitative estimate of drug-likeness (QED) is 0.855. The van der Waals surface area contributed by atoms with Crippen molar-refractivity contribution in [3.05, 3.63) is 34.6 Å². The fourth-order valence-corrected chi connectivity index (χ4v) is 2.31. The van der Waals surface area contributed by atoms with Crippen LogP contribution in [0.3, 0.4) is 0 Å². The maximum absolute atomic E-state index is 13.4. The van der Waals surface area contributed by atoms with Gasteiger partial charge in [-0.1, -0.05) is 32.4 Å². The van der Waals surface area contributed by atoms with Crippen molar-refractivity contribution in [3.8, 4) is 0 Å². The number of halogens is 2. The lowest BCUT2D eigenvalue weighted by Gasteiger charge is -2.15. The van der Waals surface area contributed by atoms with Crippen LogP contribution in [0.25, 0.3) is 10.9 Å². The van der Waals surface area contributed by atoms with Gasteiger partial charge in [-0.2, -0.15) is 0 Å². The molecular formula is C15H18ClFN2. The van der Waals surface area contributed by atoms with E-state index in [0.29, 0.717) is 16.5 Å². The summed E-state index contributed by atoms with van der Waals surface area (Å²) in [5.74, 6) is 0.833. The Bertz CT molecular complexity index is 596. The number of nitrogens with one attached hydrogen (secondary N) is 1. The number of nitrogens with zero attached hydrogens (tertiary/aromatic N) is 1. The fraction of sp³-hybridized carbons (Fsp3) is 0.400. The van der Waals surface area contributed by atoms with Gasteiger partial charge in [0.15, 0.2) is 0 Å². The van der Waals surface area contributed by atoms with Crippen molar-refractivity contribution < 1.29 is 4.39 Å². The van der Waals surface area contributed by atoms with Crippen LogP contribution in [0, 0.1) is 5.82 Å². The van der Waals surface area contributed by atoms with E-state index in [1.165, 1.54) is 12.1 Å². The van der Waals surface area contributed by atoms with Crippen molar-refractivity contribution in [1.82, 2.24) is 4.98 Å². The minimum atomic E-state index is -0.330. The van der Waals surface area contributed by atoms with E-state index in [1.807, 2.05) is 6.07 Å². The molecule has 1 aromatic carbocycles. The zero-order valence-electron chi connectivity index (χ0n) is 11.4. The molecule has 2 nitrogen and oxygen atoms in total. The highest BCUT2D eigenvalue weighted by molar-refractivity contribution is 6.35. The van der Waals surface area contributed by atoms with E-state index in [2.05, 4.69) is 31.1 Å². The van der Waals surface area contributed by atoms with Gasteiger partial charge in [0.2, 0.25) is 0 Å². The summed E-state index contributed by atoms with van der Waals surface area (Å²) in [6.45, 7) is 7.16. The smallest absolute Gasteiger partial charge is 0.130 e. The summed E-state index contributed by atoms with van der Waals surface area (Å²) in [5.41, 5.74) is 1.73. The number of aromatic nitrogens is 1. The first-order valence-corrected chi connectivity index (χ1v) is 6.94. The van der Waals surface area contributed by atoms with Crippen molar-refractivity contribution in [2.75, 3.05) is 11.9 Å². The molecule has 2 aromatic rings. The Morgan fingerprint density at radius 1 is 1.32 bits per heavy atom. The van der Waals surface area contributed by atoms with E-state index >= 15 is 0 Å². The molecule has 0 bridgehead atoms. The minimum Gasteiger partial charge on any atom is -0.370 e. The average molecular weight is 281 g/mol. The summed E-state index contributed by atoms with van der Waals surface area (Å²) >= 11 is 6.07. The predicted octanol–water partition coefficient (Wildman–Crippen LogP) is 4.97. The molecular weight excluding hydrogens is 263 g/mol. The van der Waals surface area contributed by atoms with Crippen LogP contribution in [-0.4, -0.2) is 11.5 Å². The van der Waals surface area contributed by atoms with Gasteiger partial charge in [0, 0.05) is 11.9 Å². The molecule has 0 saturated carbocycles. The van der Waals surface area contributed by atoms with Gasteiger partial charge in [0.25, 0.3) is 0 Å². The number of hydrogen-bond donors (Lipinski definition) is 1. The second-order valence-electron chi connectivity index (χ2n) is 4.97. The summed E-state index contributed by atoms with van der Waals surface area (Å²) in [6.07, 6.45) is 1.02. The van der Waals surface area contributed by atoms with Gasteiger partial charge < -0.3 is 5.32 Å². The van der Waals surface area contributed by atoms with Crippen LogP contribution in [0.2, 0.25) is 5.02 Å². The fourth-order valence-electron chi connectivity index (χ4n) is 2.05. The molecule has 0 saturated heterocycles. The molecule has 1 aromatic heterocycles. The zero-order chi connectivity index (χ0) is 14.0. The average Bonchev–Trinajstić information content (AvgIpc) is 2.35. The molecule has 19 heavy (non-hydrogen) atoms. The van der Waals surface area contributed by atoms with Crippen LogP contribution in [0.4, 0.5) is 10.2 Å². The zero-order valence-corrected chi connectivity index (χ0v) is 12.2. The predicted molar refractivity (Wildman–Crippen MR) is 79.6 cm³/mol. The minimum absolute atomic E-state index is 0.318. The molecule has 0 fully saturated rings. The number of rotatable bonds is 4. The third kappa shape index (κ3) is 2.98. The lowest BCUT2D eigenvalue weighted by atomic mass is 10.0. The molecule has 0 aliphatic rings. The van der Waals surface area contributed by atoms with Crippen molar-refractivity contribution in [2.24, 2.45) is 0 Å². The molecule has 102 valence electrons. The maximum Gasteiger partial charge on any atom is 0.130 e. The number of benzene rings is 1. The normalized spacial score (nSPS) is 11.3. The van der Waals surface area contributed by atoms with Crippen LogP contribution < -0.4 is 5.32 Å². The molecule has 0 unspecified atom stereocenters. The van der Waals surface area contributed by atoms with E-state index in [1.54, 1.807) is 0 Å². The Hall–Kier alpha value is -1.35. The Morgan fingerprint density at radius 3 is 2.68 bits per heavy atom. The Balaban J connectivity index is 2.62. The highest BCUT2D eigenvalue weighted by Gasteiger charge is 2.12. The molecule has 4 heteroatoms. The molecule has 2 rings (SSSR count). The second kappa shape index (κ2) is 5.74. The molecule has 0 aliphatic carbocycles. The third-order valence-corrected chi connectivity index (χ3v) is 3.32. The summed E-state index contributed by atoms with van der Waals surface area (Å²) in [6, 6.07) is 4.75. The Morgan fingerprint density at radius 2 is 2.05 bits per heavy atom. The van der Waals surface area contributed by atoms with Gasteiger partial charge in [0.05, 0.1) is 10.5 Å². The van der Waals surface area contributed by atoms with E-state index < -0.39 is 0 Å². The van der Waals surface area contributed by atoms with Gasteiger partial charge >= 0.3 is 0 Å².